The van der Waals surface area contributed by atoms with Crippen LogP contribution in [0.15, 0.2) is 0 Å². The lowest BCUT2D eigenvalue weighted by atomic mass is 10.6. The molecule has 0 saturated heterocycles. The summed E-state index contributed by atoms with van der Waals surface area (Å²) in [5, 5.41) is 0. The minimum absolute atomic E-state index is 0.377. The molecule has 0 aliphatic carbocycles. The van der Waals surface area contributed by atoms with E-state index in [-0.39, 0.29) is 0 Å². The van der Waals surface area contributed by atoms with Crippen LogP contribution in [0.3, 0.4) is 0 Å². The molecule has 4 atom stereocenters. The van der Waals surface area contributed by atoms with Crippen LogP contribution >= 0.6 is 33.0 Å². The van der Waals surface area contributed by atoms with Gasteiger partial charge in [0.1, 0.15) is 0 Å². The molecule has 0 nitrogen and oxygen atoms in total. The largest absolute Gasteiger partial charge is 0.125 e. The first-order valence-electron chi connectivity index (χ1n) is 6.87. The van der Waals surface area contributed by atoms with Gasteiger partial charge in [0.15, 0.2) is 0 Å². The summed E-state index contributed by atoms with van der Waals surface area (Å²) in [6.07, 6.45) is 13.6. The molecule has 0 aliphatic rings. The Balaban J connectivity index is 3.29. The Morgan fingerprint density at radius 2 is 1.00 bits per heavy atom. The predicted octanol–water partition coefficient (Wildman–Crippen LogP) is 5.00. The topological polar surface area (TPSA) is 0 Å². The van der Waals surface area contributed by atoms with Gasteiger partial charge in [0, 0.05) is 0 Å². The van der Waals surface area contributed by atoms with Crippen molar-refractivity contribution in [3.63, 3.8) is 0 Å². The third-order valence-electron chi connectivity index (χ3n) is 3.01. The van der Waals surface area contributed by atoms with Crippen molar-refractivity contribution in [1.82, 2.24) is 0 Å². The van der Waals surface area contributed by atoms with E-state index in [9.17, 15) is 0 Å². The molecule has 0 saturated carbocycles. The minimum atomic E-state index is 0.377. The van der Waals surface area contributed by atoms with Gasteiger partial charge in [-0.2, -0.15) is 0 Å². The normalized spacial score (nSPS) is 16.2. The molecular weight excluding hydrogens is 280 g/mol. The molecular formula is C13H32P4. The quantitative estimate of drug-likeness (QED) is 0.351. The Morgan fingerprint density at radius 1 is 0.647 bits per heavy atom. The standard InChI is InChI=1S/C13H32P4/c1-14-8-5-10-16(3)12-7-13-17(4)11-6-9-15-2/h14-15H,5-13H2,1-4H3. The number of hydrogen-bond donors (Lipinski definition) is 0. The summed E-state index contributed by atoms with van der Waals surface area (Å²) < 4.78 is 0. The molecule has 17 heavy (non-hydrogen) atoms. The third-order valence-corrected chi connectivity index (χ3v) is 9.04. The number of rotatable bonds is 12. The maximum Gasteiger partial charge on any atom is -0.0325 e. The first-order chi connectivity index (χ1) is 8.20. The fraction of sp³-hybridized carbons (Fsp3) is 1.00. The summed E-state index contributed by atoms with van der Waals surface area (Å²) in [6.45, 7) is 9.70. The van der Waals surface area contributed by atoms with Crippen LogP contribution in [-0.2, 0) is 0 Å². The Labute approximate surface area is 116 Å². The van der Waals surface area contributed by atoms with E-state index >= 15 is 0 Å². The fourth-order valence-corrected chi connectivity index (χ4v) is 7.03. The fourth-order valence-electron chi connectivity index (χ4n) is 1.89. The smallest absolute Gasteiger partial charge is 0.0325 e. The van der Waals surface area contributed by atoms with Gasteiger partial charge in [0.25, 0.3) is 0 Å². The zero-order valence-electron chi connectivity index (χ0n) is 12.3. The lowest BCUT2D eigenvalue weighted by Crippen LogP contribution is -1.95. The summed E-state index contributed by atoms with van der Waals surface area (Å²) in [6, 6.07) is 0. The van der Waals surface area contributed by atoms with Crippen molar-refractivity contribution in [2.24, 2.45) is 0 Å². The van der Waals surface area contributed by atoms with Gasteiger partial charge in [-0.3, -0.25) is 0 Å². The highest BCUT2D eigenvalue weighted by molar-refractivity contribution is 7.57. The van der Waals surface area contributed by atoms with E-state index in [1.54, 1.807) is 12.3 Å². The average Bonchev–Trinajstić information content (AvgIpc) is 2.30. The average molecular weight is 312 g/mol. The van der Waals surface area contributed by atoms with Gasteiger partial charge in [-0.1, -0.05) is 0 Å². The summed E-state index contributed by atoms with van der Waals surface area (Å²) in [7, 11) is 3.09. The maximum absolute atomic E-state index is 2.52. The predicted molar refractivity (Wildman–Crippen MR) is 97.2 cm³/mol. The van der Waals surface area contributed by atoms with E-state index < -0.39 is 0 Å². The molecule has 0 aromatic heterocycles. The van der Waals surface area contributed by atoms with Gasteiger partial charge in [0.05, 0.1) is 0 Å². The van der Waals surface area contributed by atoms with Crippen molar-refractivity contribution >= 4 is 33.0 Å². The zero-order valence-corrected chi connectivity index (χ0v) is 16.0. The van der Waals surface area contributed by atoms with Crippen molar-refractivity contribution < 1.29 is 0 Å². The summed E-state index contributed by atoms with van der Waals surface area (Å²) in [4.78, 5) is 0. The Bertz CT molecular complexity index is 136. The first-order valence-corrected chi connectivity index (χ1v) is 14.6. The van der Waals surface area contributed by atoms with E-state index in [1.165, 1.54) is 61.1 Å². The van der Waals surface area contributed by atoms with Gasteiger partial charge >= 0.3 is 0 Å². The van der Waals surface area contributed by atoms with Gasteiger partial charge < -0.3 is 0 Å². The van der Waals surface area contributed by atoms with E-state index in [4.69, 9.17) is 0 Å². The van der Waals surface area contributed by atoms with Crippen LogP contribution < -0.4 is 0 Å². The highest BCUT2D eigenvalue weighted by atomic mass is 31.1. The van der Waals surface area contributed by atoms with Gasteiger partial charge in [0.2, 0.25) is 0 Å². The van der Waals surface area contributed by atoms with Crippen LogP contribution in [0.4, 0.5) is 0 Å². The summed E-state index contributed by atoms with van der Waals surface area (Å²) >= 11 is 0. The van der Waals surface area contributed by atoms with E-state index in [0.717, 1.165) is 0 Å². The van der Waals surface area contributed by atoms with Crippen molar-refractivity contribution in [3.8, 4) is 0 Å². The van der Waals surface area contributed by atoms with Crippen LogP contribution in [0.25, 0.3) is 0 Å². The second-order valence-electron chi connectivity index (χ2n) is 4.87. The van der Waals surface area contributed by atoms with Crippen molar-refractivity contribution in [2.75, 3.05) is 63.6 Å². The molecule has 0 amide bonds. The van der Waals surface area contributed by atoms with Crippen molar-refractivity contribution in [3.05, 3.63) is 0 Å². The second kappa shape index (κ2) is 14.1. The molecule has 0 fully saturated rings. The molecule has 0 heterocycles. The van der Waals surface area contributed by atoms with Gasteiger partial charge in [-0.25, -0.2) is 0 Å². The zero-order chi connectivity index (χ0) is 12.9. The molecule has 0 bridgehead atoms. The molecule has 0 aromatic carbocycles. The maximum atomic E-state index is 2.52. The molecule has 104 valence electrons. The van der Waals surface area contributed by atoms with Crippen LogP contribution in [0.1, 0.15) is 19.3 Å². The van der Waals surface area contributed by atoms with Gasteiger partial charge in [-0.05, 0) is 82.9 Å². The SMILES string of the molecule is CPCCCP(C)CCCP(C)CCCPC. The third kappa shape index (κ3) is 13.9. The highest BCUT2D eigenvalue weighted by Crippen LogP contribution is 2.37. The van der Waals surface area contributed by atoms with E-state index in [2.05, 4.69) is 26.7 Å². The van der Waals surface area contributed by atoms with Gasteiger partial charge in [-0.15, -0.1) is 33.0 Å². The Hall–Kier alpha value is 1.72. The van der Waals surface area contributed by atoms with Crippen LogP contribution in [0.2, 0.25) is 0 Å². The molecule has 0 radical (unpaired) electrons. The van der Waals surface area contributed by atoms with Crippen LogP contribution in [0.5, 0.6) is 0 Å². The first kappa shape index (κ1) is 18.7. The molecule has 4 heteroatoms. The summed E-state index contributed by atoms with van der Waals surface area (Å²) in [5.41, 5.74) is 0. The minimum Gasteiger partial charge on any atom is -0.125 e. The number of hydrogen-bond acceptors (Lipinski definition) is 0. The van der Waals surface area contributed by atoms with Crippen LogP contribution in [-0.4, -0.2) is 63.6 Å². The highest BCUT2D eigenvalue weighted by Gasteiger charge is 2.04. The molecule has 0 rings (SSSR count). The molecule has 0 aliphatic heterocycles. The van der Waals surface area contributed by atoms with Crippen molar-refractivity contribution in [1.29, 1.82) is 0 Å². The molecule has 0 N–H and O–H groups in total. The van der Waals surface area contributed by atoms with Crippen LogP contribution in [0, 0.1) is 0 Å². The monoisotopic (exact) mass is 312 g/mol. The molecule has 4 unspecified atom stereocenters. The Kier molecular flexibility index (Phi) is 15.6. The molecule has 0 spiro atoms. The van der Waals surface area contributed by atoms with E-state index in [0.29, 0.717) is 15.8 Å². The van der Waals surface area contributed by atoms with E-state index in [1.807, 2.05) is 0 Å². The Morgan fingerprint density at radius 3 is 1.35 bits per heavy atom. The van der Waals surface area contributed by atoms with Crippen molar-refractivity contribution in [2.45, 2.75) is 19.3 Å². The second-order valence-corrected chi connectivity index (χ2v) is 12.5. The lowest BCUT2D eigenvalue weighted by Gasteiger charge is -2.15. The summed E-state index contributed by atoms with van der Waals surface area (Å²) in [5.74, 6) is 0. The lowest BCUT2D eigenvalue weighted by molar-refractivity contribution is 1.05. The molecule has 0 aromatic rings.